The van der Waals surface area contributed by atoms with E-state index in [1.54, 1.807) is 6.20 Å². The first kappa shape index (κ1) is 25.3. The van der Waals surface area contributed by atoms with Gasteiger partial charge < -0.3 is 9.30 Å². The number of aromatic nitrogens is 4. The van der Waals surface area contributed by atoms with Gasteiger partial charge in [-0.3, -0.25) is 9.55 Å². The molecular formula is C40H26N4O. The van der Waals surface area contributed by atoms with Crippen LogP contribution >= 0.6 is 0 Å². The molecular weight excluding hydrogens is 552 g/mol. The van der Waals surface area contributed by atoms with E-state index in [0.717, 1.165) is 61.6 Å². The summed E-state index contributed by atoms with van der Waals surface area (Å²) in [6, 6.07) is 50.1. The predicted octanol–water partition coefficient (Wildman–Crippen LogP) is 10.1. The summed E-state index contributed by atoms with van der Waals surface area (Å²) in [5.74, 6) is 2.36. The number of hydrogen-bond donors (Lipinski definition) is 0. The number of nitrogens with zero attached hydrogens (tertiary/aromatic N) is 4. The van der Waals surface area contributed by atoms with Crippen LogP contribution in [-0.2, 0) is 0 Å². The van der Waals surface area contributed by atoms with Gasteiger partial charge in [0.15, 0.2) is 0 Å². The van der Waals surface area contributed by atoms with Gasteiger partial charge in [0.1, 0.15) is 17.3 Å². The quantitative estimate of drug-likeness (QED) is 0.204. The minimum atomic E-state index is 0.750. The van der Waals surface area contributed by atoms with Gasteiger partial charge in [-0.1, -0.05) is 72.8 Å². The van der Waals surface area contributed by atoms with Gasteiger partial charge in [0.25, 0.3) is 0 Å². The Morgan fingerprint density at radius 3 is 1.93 bits per heavy atom. The lowest BCUT2D eigenvalue weighted by atomic mass is 10.1. The number of rotatable bonds is 5. The highest BCUT2D eigenvalue weighted by atomic mass is 16.5. The SMILES string of the molecule is c1ccc(-n2c3ccccc3c3ccc4c5ccc(Oc6cccc(-c7ccccn7)c6)cc5n(-c5ccccn5)c4c32)cc1. The van der Waals surface area contributed by atoms with Gasteiger partial charge in [0.05, 0.1) is 27.8 Å². The Balaban J connectivity index is 1.32. The van der Waals surface area contributed by atoms with E-state index in [2.05, 4.69) is 111 Å². The molecule has 9 rings (SSSR count). The number of para-hydroxylation sites is 2. The lowest BCUT2D eigenvalue weighted by Gasteiger charge is -2.12. The van der Waals surface area contributed by atoms with Crippen molar-refractivity contribution in [3.8, 4) is 34.3 Å². The van der Waals surface area contributed by atoms with Gasteiger partial charge in [0, 0.05) is 51.3 Å². The van der Waals surface area contributed by atoms with E-state index in [1.165, 1.54) is 16.3 Å². The number of ether oxygens (including phenoxy) is 1. The maximum atomic E-state index is 6.50. The van der Waals surface area contributed by atoms with Crippen molar-refractivity contribution in [2.45, 2.75) is 0 Å². The molecule has 0 unspecified atom stereocenters. The lowest BCUT2D eigenvalue weighted by molar-refractivity contribution is 0.483. The zero-order valence-electron chi connectivity index (χ0n) is 24.2. The van der Waals surface area contributed by atoms with Crippen molar-refractivity contribution < 1.29 is 4.74 Å². The van der Waals surface area contributed by atoms with Gasteiger partial charge in [-0.25, -0.2) is 4.98 Å². The standard InChI is InChI=1S/C40H26N4O/c1-2-12-28(13-3-1)43-36-17-5-4-15-31(36)33-21-22-34-32-20-19-30(45-29-14-10-11-27(25-29)35-16-6-8-23-41-35)26-37(32)44(40(34)39(33)43)38-18-7-9-24-42-38/h1-26H. The molecule has 5 aromatic carbocycles. The van der Waals surface area contributed by atoms with Crippen LogP contribution in [0.4, 0.5) is 0 Å². The van der Waals surface area contributed by atoms with Crippen molar-refractivity contribution in [1.82, 2.24) is 19.1 Å². The van der Waals surface area contributed by atoms with E-state index in [9.17, 15) is 0 Å². The number of fused-ring (bicyclic) bond motifs is 7. The molecule has 4 heterocycles. The molecule has 0 fully saturated rings. The third-order valence-corrected chi connectivity index (χ3v) is 8.46. The first-order valence-corrected chi connectivity index (χ1v) is 15.0. The summed E-state index contributed by atoms with van der Waals surface area (Å²) in [6.45, 7) is 0. The largest absolute Gasteiger partial charge is 0.457 e. The Bertz CT molecular complexity index is 2500. The fraction of sp³-hybridized carbons (Fsp3) is 0. The second-order valence-corrected chi connectivity index (χ2v) is 11.1. The van der Waals surface area contributed by atoms with Crippen molar-refractivity contribution in [3.63, 3.8) is 0 Å². The number of hydrogen-bond acceptors (Lipinski definition) is 3. The molecule has 4 aromatic heterocycles. The molecule has 212 valence electrons. The molecule has 0 radical (unpaired) electrons. The molecule has 0 saturated heterocycles. The van der Waals surface area contributed by atoms with Gasteiger partial charge in [-0.2, -0.15) is 0 Å². The molecule has 0 aliphatic heterocycles. The maximum Gasteiger partial charge on any atom is 0.137 e. The summed E-state index contributed by atoms with van der Waals surface area (Å²) in [5.41, 5.74) is 7.48. The van der Waals surface area contributed by atoms with Gasteiger partial charge in [-0.15, -0.1) is 0 Å². The molecule has 5 heteroatoms. The van der Waals surface area contributed by atoms with E-state index in [-0.39, 0.29) is 0 Å². The Morgan fingerprint density at radius 2 is 1.13 bits per heavy atom. The summed E-state index contributed by atoms with van der Waals surface area (Å²) in [5, 5.41) is 4.71. The summed E-state index contributed by atoms with van der Waals surface area (Å²) in [4.78, 5) is 9.36. The molecule has 0 amide bonds. The van der Waals surface area contributed by atoms with Gasteiger partial charge in [-0.05, 0) is 66.7 Å². The second kappa shape index (κ2) is 10.2. The van der Waals surface area contributed by atoms with Crippen LogP contribution in [0.15, 0.2) is 158 Å². The number of benzene rings is 5. The maximum absolute atomic E-state index is 6.50. The number of pyridine rings is 2. The fourth-order valence-corrected chi connectivity index (χ4v) is 6.55. The van der Waals surface area contributed by atoms with Crippen LogP contribution in [0, 0.1) is 0 Å². The van der Waals surface area contributed by atoms with Crippen LogP contribution in [-0.4, -0.2) is 19.1 Å². The summed E-state index contributed by atoms with van der Waals surface area (Å²) in [7, 11) is 0. The van der Waals surface area contributed by atoms with Crippen molar-refractivity contribution in [3.05, 3.63) is 158 Å². The van der Waals surface area contributed by atoms with Crippen LogP contribution in [0.2, 0.25) is 0 Å². The Labute approximate surface area is 259 Å². The lowest BCUT2D eigenvalue weighted by Crippen LogP contribution is -2.00. The zero-order valence-corrected chi connectivity index (χ0v) is 24.2. The van der Waals surface area contributed by atoms with Gasteiger partial charge >= 0.3 is 0 Å². The Morgan fingerprint density at radius 1 is 0.444 bits per heavy atom. The molecule has 0 saturated carbocycles. The van der Waals surface area contributed by atoms with Crippen LogP contribution in [0.5, 0.6) is 11.5 Å². The molecule has 9 aromatic rings. The predicted molar refractivity (Wildman–Crippen MR) is 183 cm³/mol. The monoisotopic (exact) mass is 578 g/mol. The highest BCUT2D eigenvalue weighted by Gasteiger charge is 2.22. The van der Waals surface area contributed by atoms with E-state index < -0.39 is 0 Å². The van der Waals surface area contributed by atoms with Crippen molar-refractivity contribution in [2.75, 3.05) is 0 Å². The molecule has 0 aliphatic carbocycles. The molecule has 5 nitrogen and oxygen atoms in total. The first-order valence-electron chi connectivity index (χ1n) is 15.0. The van der Waals surface area contributed by atoms with E-state index in [0.29, 0.717) is 0 Å². The van der Waals surface area contributed by atoms with Crippen LogP contribution < -0.4 is 4.74 Å². The van der Waals surface area contributed by atoms with Crippen molar-refractivity contribution >= 4 is 43.6 Å². The summed E-state index contributed by atoms with van der Waals surface area (Å²) < 4.78 is 11.2. The smallest absolute Gasteiger partial charge is 0.137 e. The molecule has 0 spiro atoms. The summed E-state index contributed by atoms with van der Waals surface area (Å²) >= 11 is 0. The molecule has 0 aliphatic rings. The van der Waals surface area contributed by atoms with E-state index >= 15 is 0 Å². The molecule has 45 heavy (non-hydrogen) atoms. The summed E-state index contributed by atoms with van der Waals surface area (Å²) in [6.07, 6.45) is 3.66. The van der Waals surface area contributed by atoms with E-state index in [1.807, 2.05) is 54.7 Å². The van der Waals surface area contributed by atoms with Crippen molar-refractivity contribution in [1.29, 1.82) is 0 Å². The fourth-order valence-electron chi connectivity index (χ4n) is 6.55. The second-order valence-electron chi connectivity index (χ2n) is 11.1. The van der Waals surface area contributed by atoms with Crippen LogP contribution in [0.1, 0.15) is 0 Å². The highest BCUT2D eigenvalue weighted by Crippen LogP contribution is 2.42. The van der Waals surface area contributed by atoms with Crippen LogP contribution in [0.3, 0.4) is 0 Å². The zero-order chi connectivity index (χ0) is 29.7. The topological polar surface area (TPSA) is 44.9 Å². The first-order chi connectivity index (χ1) is 22.3. The molecule has 0 N–H and O–H groups in total. The van der Waals surface area contributed by atoms with Crippen molar-refractivity contribution in [2.24, 2.45) is 0 Å². The molecule has 0 atom stereocenters. The Hall–Kier alpha value is -6.20. The third kappa shape index (κ3) is 4.09. The minimum absolute atomic E-state index is 0.750. The van der Waals surface area contributed by atoms with Crippen LogP contribution in [0.25, 0.3) is 66.4 Å². The average Bonchev–Trinajstić information content (AvgIpc) is 3.62. The third-order valence-electron chi connectivity index (χ3n) is 8.46. The van der Waals surface area contributed by atoms with E-state index in [4.69, 9.17) is 9.72 Å². The minimum Gasteiger partial charge on any atom is -0.457 e. The normalized spacial score (nSPS) is 11.6. The highest BCUT2D eigenvalue weighted by molar-refractivity contribution is 6.23. The molecule has 0 bridgehead atoms. The Kier molecular flexibility index (Phi) is 5.74. The average molecular weight is 579 g/mol. The van der Waals surface area contributed by atoms with Gasteiger partial charge in [0.2, 0.25) is 0 Å².